The van der Waals surface area contributed by atoms with Crippen molar-refractivity contribution in [3.63, 3.8) is 0 Å². The van der Waals surface area contributed by atoms with Gasteiger partial charge in [0.2, 0.25) is 0 Å². The number of amides is 2. The Kier molecular flexibility index (Phi) is 8.62. The van der Waals surface area contributed by atoms with Gasteiger partial charge in [0.15, 0.2) is 6.54 Å². The summed E-state index contributed by atoms with van der Waals surface area (Å²) in [4.78, 5) is 26.5. The third kappa shape index (κ3) is 6.45. The summed E-state index contributed by atoms with van der Waals surface area (Å²) in [6.45, 7) is 5.75. The van der Waals surface area contributed by atoms with Gasteiger partial charge in [-0.2, -0.15) is 0 Å². The van der Waals surface area contributed by atoms with E-state index in [1.54, 1.807) is 17.0 Å². The van der Waals surface area contributed by atoms with Gasteiger partial charge in [-0.3, -0.25) is 9.59 Å². The van der Waals surface area contributed by atoms with Crippen LogP contribution in [-0.4, -0.2) is 42.4 Å². The Balaban J connectivity index is 1.86. The second kappa shape index (κ2) is 11.0. The monoisotopic (exact) mass is 360 g/mol. The van der Waals surface area contributed by atoms with E-state index in [-0.39, 0.29) is 11.8 Å². The summed E-state index contributed by atoms with van der Waals surface area (Å²) in [5, 5.41) is 5.12. The number of hydrogen-bond donors (Lipinski definition) is 2. The van der Waals surface area contributed by atoms with Crippen LogP contribution in [0.5, 0.6) is 0 Å². The van der Waals surface area contributed by atoms with Crippen LogP contribution in [0.4, 0.5) is 5.69 Å². The van der Waals surface area contributed by atoms with Crippen molar-refractivity contribution in [1.29, 1.82) is 0 Å². The molecule has 3 N–H and O–H groups in total. The predicted octanol–water partition coefficient (Wildman–Crippen LogP) is 2.78. The summed E-state index contributed by atoms with van der Waals surface area (Å²) in [5.41, 5.74) is 1.31. The molecule has 1 aliphatic rings. The number of anilines is 1. The third-order valence-corrected chi connectivity index (χ3v) is 5.23. The molecule has 2 rings (SSSR count). The molecular formula is C21H34N3O2+. The molecule has 0 unspecified atom stereocenters. The SMILES string of the molecule is CCN(CC)C(=O)c1cccc(NC(=O)C[NH2+]C2CCCCCCC2)c1. The zero-order valence-electron chi connectivity index (χ0n) is 16.3. The summed E-state index contributed by atoms with van der Waals surface area (Å²) in [7, 11) is 0. The molecule has 1 aromatic carbocycles. The topological polar surface area (TPSA) is 66.0 Å². The van der Waals surface area contributed by atoms with Gasteiger partial charge in [0, 0.05) is 24.3 Å². The third-order valence-electron chi connectivity index (χ3n) is 5.23. The van der Waals surface area contributed by atoms with Crippen molar-refractivity contribution < 1.29 is 14.9 Å². The lowest BCUT2D eigenvalue weighted by Crippen LogP contribution is -2.91. The zero-order chi connectivity index (χ0) is 18.8. The first-order chi connectivity index (χ1) is 12.6. The van der Waals surface area contributed by atoms with Crippen molar-refractivity contribution in [3.05, 3.63) is 29.8 Å². The molecule has 0 atom stereocenters. The maximum atomic E-state index is 12.4. The van der Waals surface area contributed by atoms with Gasteiger partial charge < -0.3 is 15.5 Å². The number of carbonyl (C=O) groups excluding carboxylic acids is 2. The highest BCUT2D eigenvalue weighted by molar-refractivity contribution is 5.97. The average Bonchev–Trinajstić information content (AvgIpc) is 2.62. The summed E-state index contributed by atoms with van der Waals surface area (Å²) >= 11 is 0. The van der Waals surface area contributed by atoms with E-state index in [0.29, 0.717) is 36.9 Å². The lowest BCUT2D eigenvalue weighted by molar-refractivity contribution is -0.680. The molecule has 0 aliphatic heterocycles. The molecule has 1 aromatic rings. The fraction of sp³-hybridized carbons (Fsp3) is 0.619. The minimum Gasteiger partial charge on any atom is -0.339 e. The van der Waals surface area contributed by atoms with Crippen LogP contribution >= 0.6 is 0 Å². The smallest absolute Gasteiger partial charge is 0.279 e. The first kappa shape index (κ1) is 20.4. The number of benzene rings is 1. The van der Waals surface area contributed by atoms with Crippen LogP contribution < -0.4 is 10.6 Å². The molecule has 0 saturated heterocycles. The van der Waals surface area contributed by atoms with Gasteiger partial charge in [-0.1, -0.05) is 25.3 Å². The van der Waals surface area contributed by atoms with E-state index in [1.165, 1.54) is 44.9 Å². The molecule has 26 heavy (non-hydrogen) atoms. The molecule has 0 radical (unpaired) electrons. The molecule has 1 saturated carbocycles. The highest BCUT2D eigenvalue weighted by Gasteiger charge is 2.17. The van der Waals surface area contributed by atoms with E-state index in [9.17, 15) is 9.59 Å². The highest BCUT2D eigenvalue weighted by atomic mass is 16.2. The fourth-order valence-corrected chi connectivity index (χ4v) is 3.63. The van der Waals surface area contributed by atoms with E-state index in [2.05, 4.69) is 10.6 Å². The fourth-order valence-electron chi connectivity index (χ4n) is 3.63. The van der Waals surface area contributed by atoms with Crippen molar-refractivity contribution in [2.75, 3.05) is 25.0 Å². The molecule has 0 bridgehead atoms. The van der Waals surface area contributed by atoms with Gasteiger partial charge in [-0.25, -0.2) is 0 Å². The molecule has 1 fully saturated rings. The Hall–Kier alpha value is -1.88. The minimum atomic E-state index is -0.000465. The molecule has 5 nitrogen and oxygen atoms in total. The molecule has 2 amide bonds. The summed E-state index contributed by atoms with van der Waals surface area (Å²) in [5.74, 6) is 0.00618. The van der Waals surface area contributed by atoms with Gasteiger partial charge in [0.25, 0.3) is 11.8 Å². The van der Waals surface area contributed by atoms with Crippen molar-refractivity contribution in [2.24, 2.45) is 0 Å². The molecule has 0 aromatic heterocycles. The molecule has 144 valence electrons. The number of nitrogens with zero attached hydrogens (tertiary/aromatic N) is 1. The maximum Gasteiger partial charge on any atom is 0.279 e. The Labute approximate surface area is 157 Å². The van der Waals surface area contributed by atoms with Crippen molar-refractivity contribution in [2.45, 2.75) is 64.8 Å². The minimum absolute atomic E-state index is 0.000465. The second-order valence-corrected chi connectivity index (χ2v) is 7.15. The summed E-state index contributed by atoms with van der Waals surface area (Å²) in [6.07, 6.45) is 8.97. The number of hydrogen-bond acceptors (Lipinski definition) is 2. The van der Waals surface area contributed by atoms with Gasteiger partial charge in [-0.15, -0.1) is 0 Å². The largest absolute Gasteiger partial charge is 0.339 e. The van der Waals surface area contributed by atoms with E-state index < -0.39 is 0 Å². The number of quaternary nitrogens is 1. The number of carbonyl (C=O) groups is 2. The first-order valence-corrected chi connectivity index (χ1v) is 10.2. The van der Waals surface area contributed by atoms with E-state index in [0.717, 1.165) is 0 Å². The predicted molar refractivity (Wildman–Crippen MR) is 105 cm³/mol. The number of nitrogens with one attached hydrogen (secondary N) is 1. The van der Waals surface area contributed by atoms with Crippen molar-refractivity contribution >= 4 is 17.5 Å². The Morgan fingerprint density at radius 3 is 2.38 bits per heavy atom. The van der Waals surface area contributed by atoms with Gasteiger partial charge >= 0.3 is 0 Å². The Morgan fingerprint density at radius 2 is 1.73 bits per heavy atom. The molecular weight excluding hydrogens is 326 g/mol. The number of rotatable bonds is 7. The number of nitrogens with two attached hydrogens (primary N) is 1. The average molecular weight is 361 g/mol. The molecule has 5 heteroatoms. The van der Waals surface area contributed by atoms with E-state index >= 15 is 0 Å². The van der Waals surface area contributed by atoms with Crippen LogP contribution in [0, 0.1) is 0 Å². The highest BCUT2D eigenvalue weighted by Crippen LogP contribution is 2.15. The van der Waals surface area contributed by atoms with Gasteiger partial charge in [0.05, 0.1) is 6.04 Å². The summed E-state index contributed by atoms with van der Waals surface area (Å²) < 4.78 is 0. The van der Waals surface area contributed by atoms with E-state index in [1.807, 2.05) is 26.0 Å². The standard InChI is InChI=1S/C21H33N3O2/c1-3-24(4-2)21(26)17-11-10-14-19(15-17)23-20(25)16-22-18-12-8-6-5-7-9-13-18/h10-11,14-15,18,22H,3-9,12-13,16H2,1-2H3,(H,23,25)/p+1. The zero-order valence-corrected chi connectivity index (χ0v) is 16.3. The molecule has 0 heterocycles. The quantitative estimate of drug-likeness (QED) is 0.785. The van der Waals surface area contributed by atoms with Crippen LogP contribution in [0.2, 0.25) is 0 Å². The molecule has 1 aliphatic carbocycles. The van der Waals surface area contributed by atoms with Gasteiger partial charge in [0.1, 0.15) is 0 Å². The lowest BCUT2D eigenvalue weighted by atomic mass is 9.97. The Morgan fingerprint density at radius 1 is 1.08 bits per heavy atom. The summed E-state index contributed by atoms with van der Waals surface area (Å²) in [6, 6.07) is 7.81. The Bertz CT molecular complexity index is 576. The van der Waals surface area contributed by atoms with Crippen LogP contribution in [0.15, 0.2) is 24.3 Å². The van der Waals surface area contributed by atoms with Gasteiger partial charge in [-0.05, 0) is 57.7 Å². The van der Waals surface area contributed by atoms with Crippen LogP contribution in [0.25, 0.3) is 0 Å². The van der Waals surface area contributed by atoms with Crippen LogP contribution in [0.3, 0.4) is 0 Å². The van der Waals surface area contributed by atoms with Crippen molar-refractivity contribution in [1.82, 2.24) is 4.90 Å². The maximum absolute atomic E-state index is 12.4. The first-order valence-electron chi connectivity index (χ1n) is 10.2. The van der Waals surface area contributed by atoms with Crippen molar-refractivity contribution in [3.8, 4) is 0 Å². The van der Waals surface area contributed by atoms with Crippen LogP contribution in [-0.2, 0) is 4.79 Å². The normalized spacial score (nSPS) is 15.8. The second-order valence-electron chi connectivity index (χ2n) is 7.15. The van der Waals surface area contributed by atoms with Crippen LogP contribution in [0.1, 0.15) is 69.2 Å². The lowest BCUT2D eigenvalue weighted by Gasteiger charge is -2.19. The van der Waals surface area contributed by atoms with E-state index in [4.69, 9.17) is 0 Å². The molecule has 0 spiro atoms.